The number of hydrogen-bond acceptors (Lipinski definition) is 2. The first-order chi connectivity index (χ1) is 9.16. The number of aromatic nitrogens is 2. The van der Waals surface area contributed by atoms with Gasteiger partial charge in [-0.05, 0) is 31.5 Å². The Morgan fingerprint density at radius 3 is 3.00 bits per heavy atom. The number of halogens is 1. The highest BCUT2D eigenvalue weighted by molar-refractivity contribution is 5.76. The standard InChI is InChI=1S/C15H20FN3/c1-3-6-15(7-8-17-10-15)14-18-12-9-11(16)4-5-13(12)19(14)2/h4-5,9,17H,3,6-8,10H2,1-2H3. The summed E-state index contributed by atoms with van der Waals surface area (Å²) in [5, 5.41) is 3.45. The van der Waals surface area contributed by atoms with Gasteiger partial charge >= 0.3 is 0 Å². The van der Waals surface area contributed by atoms with E-state index in [1.807, 2.05) is 13.1 Å². The van der Waals surface area contributed by atoms with Gasteiger partial charge in [-0.1, -0.05) is 13.3 Å². The maximum atomic E-state index is 13.3. The average molecular weight is 261 g/mol. The molecule has 1 atom stereocenters. The van der Waals surface area contributed by atoms with Crippen LogP contribution >= 0.6 is 0 Å². The molecule has 1 aliphatic heterocycles. The van der Waals surface area contributed by atoms with Gasteiger partial charge in [0.2, 0.25) is 0 Å². The summed E-state index contributed by atoms with van der Waals surface area (Å²) in [6, 6.07) is 4.86. The molecule has 0 spiro atoms. The lowest BCUT2D eigenvalue weighted by Gasteiger charge is -2.27. The van der Waals surface area contributed by atoms with Crippen molar-refractivity contribution >= 4 is 11.0 Å². The Labute approximate surface area is 112 Å². The fourth-order valence-electron chi connectivity index (χ4n) is 3.39. The van der Waals surface area contributed by atoms with Crippen molar-refractivity contribution in [2.45, 2.75) is 31.6 Å². The van der Waals surface area contributed by atoms with Crippen LogP contribution in [0.2, 0.25) is 0 Å². The summed E-state index contributed by atoms with van der Waals surface area (Å²) in [7, 11) is 2.04. The van der Waals surface area contributed by atoms with E-state index in [0.717, 1.165) is 49.2 Å². The van der Waals surface area contributed by atoms with Gasteiger partial charge in [-0.15, -0.1) is 0 Å². The van der Waals surface area contributed by atoms with Gasteiger partial charge in [0, 0.05) is 25.1 Å². The Kier molecular flexibility index (Phi) is 3.05. The van der Waals surface area contributed by atoms with Crippen molar-refractivity contribution in [2.75, 3.05) is 13.1 Å². The first kappa shape index (κ1) is 12.6. The Balaban J connectivity index is 2.15. The van der Waals surface area contributed by atoms with Crippen LogP contribution in [-0.4, -0.2) is 22.6 Å². The smallest absolute Gasteiger partial charge is 0.125 e. The zero-order valence-electron chi connectivity index (χ0n) is 11.5. The highest BCUT2D eigenvalue weighted by Gasteiger charge is 2.38. The second-order valence-corrected chi connectivity index (χ2v) is 5.58. The van der Waals surface area contributed by atoms with Crippen molar-refractivity contribution in [3.63, 3.8) is 0 Å². The minimum absolute atomic E-state index is 0.110. The zero-order chi connectivity index (χ0) is 13.5. The summed E-state index contributed by atoms with van der Waals surface area (Å²) < 4.78 is 15.5. The Morgan fingerprint density at radius 2 is 2.32 bits per heavy atom. The minimum Gasteiger partial charge on any atom is -0.331 e. The van der Waals surface area contributed by atoms with E-state index in [0.29, 0.717) is 0 Å². The number of aryl methyl sites for hydroxylation is 1. The SMILES string of the molecule is CCCC1(c2nc3cc(F)ccc3n2C)CCNC1. The molecule has 1 fully saturated rings. The molecule has 0 saturated carbocycles. The monoisotopic (exact) mass is 261 g/mol. The quantitative estimate of drug-likeness (QED) is 0.920. The number of imidazole rings is 1. The topological polar surface area (TPSA) is 29.9 Å². The molecular weight excluding hydrogens is 241 g/mol. The van der Waals surface area contributed by atoms with Crippen LogP contribution in [0, 0.1) is 5.82 Å². The lowest BCUT2D eigenvalue weighted by molar-refractivity contribution is 0.393. The minimum atomic E-state index is -0.216. The van der Waals surface area contributed by atoms with Crippen LogP contribution in [0.15, 0.2) is 18.2 Å². The molecule has 2 aromatic rings. The third-order valence-electron chi connectivity index (χ3n) is 4.29. The van der Waals surface area contributed by atoms with E-state index in [-0.39, 0.29) is 11.2 Å². The van der Waals surface area contributed by atoms with Crippen LogP contribution < -0.4 is 5.32 Å². The zero-order valence-corrected chi connectivity index (χ0v) is 11.5. The van der Waals surface area contributed by atoms with Crippen molar-refractivity contribution in [1.29, 1.82) is 0 Å². The molecule has 3 nitrogen and oxygen atoms in total. The molecule has 1 aromatic carbocycles. The molecule has 1 unspecified atom stereocenters. The van der Waals surface area contributed by atoms with Crippen LogP contribution in [0.1, 0.15) is 32.0 Å². The summed E-state index contributed by atoms with van der Waals surface area (Å²) >= 11 is 0. The van der Waals surface area contributed by atoms with Gasteiger partial charge in [0.1, 0.15) is 11.6 Å². The molecule has 0 aliphatic carbocycles. The summed E-state index contributed by atoms with van der Waals surface area (Å²) in [6.07, 6.45) is 3.37. The highest BCUT2D eigenvalue weighted by atomic mass is 19.1. The number of fused-ring (bicyclic) bond motifs is 1. The second-order valence-electron chi connectivity index (χ2n) is 5.58. The molecule has 2 heterocycles. The van der Waals surface area contributed by atoms with Crippen LogP contribution in [0.3, 0.4) is 0 Å². The first-order valence-corrected chi connectivity index (χ1v) is 6.99. The normalized spacial score (nSPS) is 23.3. The van der Waals surface area contributed by atoms with Crippen molar-refractivity contribution in [2.24, 2.45) is 7.05 Å². The summed E-state index contributed by atoms with van der Waals surface area (Å²) in [5.74, 6) is 0.881. The molecule has 1 N–H and O–H groups in total. The number of benzene rings is 1. The summed E-state index contributed by atoms with van der Waals surface area (Å²) in [6.45, 7) is 4.22. The van der Waals surface area contributed by atoms with E-state index < -0.39 is 0 Å². The maximum absolute atomic E-state index is 13.3. The van der Waals surface area contributed by atoms with E-state index >= 15 is 0 Å². The van der Waals surface area contributed by atoms with E-state index in [4.69, 9.17) is 4.98 Å². The number of nitrogens with zero attached hydrogens (tertiary/aromatic N) is 2. The fraction of sp³-hybridized carbons (Fsp3) is 0.533. The molecule has 4 heteroatoms. The van der Waals surface area contributed by atoms with Gasteiger partial charge in [-0.2, -0.15) is 0 Å². The van der Waals surface area contributed by atoms with Gasteiger partial charge in [-0.25, -0.2) is 9.37 Å². The van der Waals surface area contributed by atoms with E-state index in [9.17, 15) is 4.39 Å². The summed E-state index contributed by atoms with van der Waals surface area (Å²) in [4.78, 5) is 4.73. The van der Waals surface area contributed by atoms with E-state index in [2.05, 4.69) is 16.8 Å². The number of rotatable bonds is 3. The molecule has 0 radical (unpaired) electrons. The Bertz CT molecular complexity index is 597. The van der Waals surface area contributed by atoms with Crippen LogP contribution in [-0.2, 0) is 12.5 Å². The van der Waals surface area contributed by atoms with Crippen molar-refractivity contribution in [3.05, 3.63) is 29.8 Å². The van der Waals surface area contributed by atoms with Gasteiger partial charge in [0.25, 0.3) is 0 Å². The van der Waals surface area contributed by atoms with Crippen molar-refractivity contribution in [3.8, 4) is 0 Å². The molecule has 102 valence electrons. The molecule has 0 bridgehead atoms. The predicted octanol–water partition coefficient (Wildman–Crippen LogP) is 2.74. The third-order valence-corrected chi connectivity index (χ3v) is 4.29. The lowest BCUT2D eigenvalue weighted by atomic mass is 9.81. The predicted molar refractivity (Wildman–Crippen MR) is 74.7 cm³/mol. The Hall–Kier alpha value is -1.42. The summed E-state index contributed by atoms with van der Waals surface area (Å²) in [5.41, 5.74) is 1.89. The van der Waals surface area contributed by atoms with Crippen molar-refractivity contribution in [1.82, 2.24) is 14.9 Å². The van der Waals surface area contributed by atoms with Crippen LogP contribution in [0.4, 0.5) is 4.39 Å². The van der Waals surface area contributed by atoms with E-state index in [1.54, 1.807) is 0 Å². The molecular formula is C15H20FN3. The lowest BCUT2D eigenvalue weighted by Crippen LogP contribution is -2.32. The number of nitrogens with one attached hydrogen (secondary N) is 1. The van der Waals surface area contributed by atoms with Crippen LogP contribution in [0.25, 0.3) is 11.0 Å². The molecule has 1 saturated heterocycles. The molecule has 1 aliphatic rings. The van der Waals surface area contributed by atoms with E-state index in [1.165, 1.54) is 12.1 Å². The largest absolute Gasteiger partial charge is 0.331 e. The van der Waals surface area contributed by atoms with Crippen LogP contribution in [0.5, 0.6) is 0 Å². The first-order valence-electron chi connectivity index (χ1n) is 6.99. The Morgan fingerprint density at radius 1 is 1.47 bits per heavy atom. The van der Waals surface area contributed by atoms with Gasteiger partial charge in [0.15, 0.2) is 0 Å². The fourth-order valence-corrected chi connectivity index (χ4v) is 3.39. The molecule has 19 heavy (non-hydrogen) atoms. The molecule has 3 rings (SSSR count). The van der Waals surface area contributed by atoms with Gasteiger partial charge in [0.05, 0.1) is 11.0 Å². The second kappa shape index (κ2) is 4.60. The average Bonchev–Trinajstić information content (AvgIpc) is 2.96. The highest BCUT2D eigenvalue weighted by Crippen LogP contribution is 2.36. The van der Waals surface area contributed by atoms with Gasteiger partial charge < -0.3 is 9.88 Å². The number of hydrogen-bond donors (Lipinski definition) is 1. The van der Waals surface area contributed by atoms with Crippen molar-refractivity contribution < 1.29 is 4.39 Å². The third kappa shape index (κ3) is 1.94. The molecule has 1 aromatic heterocycles. The van der Waals surface area contributed by atoms with Gasteiger partial charge in [-0.3, -0.25) is 0 Å². The molecule has 0 amide bonds. The maximum Gasteiger partial charge on any atom is 0.125 e.